The molecule has 4 rings (SSSR count). The highest BCUT2D eigenvalue weighted by molar-refractivity contribution is 7.89. The van der Waals surface area contributed by atoms with Gasteiger partial charge in [0.2, 0.25) is 10.0 Å². The average Bonchev–Trinajstić information content (AvgIpc) is 3.42. The summed E-state index contributed by atoms with van der Waals surface area (Å²) in [5.41, 5.74) is 2.48. The molecule has 2 atom stereocenters. The van der Waals surface area contributed by atoms with E-state index in [4.69, 9.17) is 9.15 Å². The lowest BCUT2D eigenvalue weighted by atomic mass is 9.99. The van der Waals surface area contributed by atoms with Crippen LogP contribution in [0, 0.1) is 19.8 Å². The fourth-order valence-electron chi connectivity index (χ4n) is 5.58. The molecule has 0 aliphatic heterocycles. The van der Waals surface area contributed by atoms with Crippen LogP contribution in [0.4, 0.5) is 5.69 Å². The van der Waals surface area contributed by atoms with Crippen molar-refractivity contribution in [1.82, 2.24) is 19.5 Å². The van der Waals surface area contributed by atoms with E-state index in [2.05, 4.69) is 15.6 Å². The summed E-state index contributed by atoms with van der Waals surface area (Å²) >= 11 is 0. The van der Waals surface area contributed by atoms with E-state index < -0.39 is 28.1 Å². The van der Waals surface area contributed by atoms with Crippen LogP contribution in [0.5, 0.6) is 5.75 Å². The monoisotopic (exact) mass is 705 g/mol. The quantitative estimate of drug-likeness (QED) is 0.151. The van der Waals surface area contributed by atoms with Gasteiger partial charge in [0.1, 0.15) is 17.2 Å². The summed E-state index contributed by atoms with van der Waals surface area (Å²) < 4.78 is 39.6. The van der Waals surface area contributed by atoms with Crippen LogP contribution in [-0.4, -0.2) is 86.0 Å². The number of rotatable bonds is 16. The molecule has 0 aliphatic rings. The number of methoxy groups -OCH3 is 1. The maximum absolute atomic E-state index is 13.9. The third-order valence-electron chi connectivity index (χ3n) is 8.20. The maximum Gasteiger partial charge on any atom is 0.254 e. The maximum atomic E-state index is 13.9. The molecular formula is C37H47N5O7S. The van der Waals surface area contributed by atoms with Crippen LogP contribution in [0.15, 0.2) is 82.1 Å². The van der Waals surface area contributed by atoms with Crippen LogP contribution in [0.2, 0.25) is 0 Å². The molecule has 0 fully saturated rings. The number of anilines is 1. The zero-order valence-electron chi connectivity index (χ0n) is 29.6. The third kappa shape index (κ3) is 9.71. The van der Waals surface area contributed by atoms with Crippen molar-refractivity contribution in [1.29, 1.82) is 0 Å². The van der Waals surface area contributed by atoms with Crippen molar-refractivity contribution in [2.24, 2.45) is 5.92 Å². The van der Waals surface area contributed by atoms with E-state index in [1.54, 1.807) is 52.2 Å². The van der Waals surface area contributed by atoms with Crippen LogP contribution in [-0.2, 0) is 23.0 Å². The van der Waals surface area contributed by atoms with Crippen molar-refractivity contribution in [3.63, 3.8) is 0 Å². The van der Waals surface area contributed by atoms with Crippen molar-refractivity contribution in [2.45, 2.75) is 57.7 Å². The first-order valence-electron chi connectivity index (χ1n) is 16.4. The van der Waals surface area contributed by atoms with Crippen molar-refractivity contribution in [3.8, 4) is 5.75 Å². The van der Waals surface area contributed by atoms with Gasteiger partial charge in [0.25, 0.3) is 11.8 Å². The zero-order chi connectivity index (χ0) is 36.6. The number of hydrogen-bond acceptors (Lipinski definition) is 9. The summed E-state index contributed by atoms with van der Waals surface area (Å²) in [5, 5.41) is 17.6. The van der Waals surface area contributed by atoms with Gasteiger partial charge >= 0.3 is 0 Å². The normalized spacial score (nSPS) is 12.8. The van der Waals surface area contributed by atoms with Gasteiger partial charge in [-0.2, -0.15) is 4.31 Å². The molecule has 3 N–H and O–H groups in total. The summed E-state index contributed by atoms with van der Waals surface area (Å²) in [6.07, 6.45) is -1.07. The molecule has 2 amide bonds. The number of benzene rings is 3. The van der Waals surface area contributed by atoms with Gasteiger partial charge < -0.3 is 29.8 Å². The molecule has 1 heterocycles. The number of hydrogen-bond donors (Lipinski definition) is 3. The third-order valence-corrected chi connectivity index (χ3v) is 10.0. The second-order valence-electron chi connectivity index (χ2n) is 12.7. The lowest BCUT2D eigenvalue weighted by Gasteiger charge is -2.31. The van der Waals surface area contributed by atoms with E-state index in [-0.39, 0.29) is 53.9 Å². The van der Waals surface area contributed by atoms with Gasteiger partial charge in [-0.25, -0.2) is 13.4 Å². The van der Waals surface area contributed by atoms with E-state index in [1.807, 2.05) is 44.2 Å². The minimum Gasteiger partial charge on any atom is -0.497 e. The molecule has 0 radical (unpaired) electrons. The first kappa shape index (κ1) is 38.1. The minimum absolute atomic E-state index is 0.0482. The molecule has 13 heteroatoms. The summed E-state index contributed by atoms with van der Waals surface area (Å²) in [7, 11) is 0.816. The van der Waals surface area contributed by atoms with Crippen LogP contribution in [0.3, 0.4) is 0 Å². The van der Waals surface area contributed by atoms with E-state index in [1.165, 1.54) is 34.5 Å². The van der Waals surface area contributed by atoms with E-state index in [9.17, 15) is 23.1 Å². The molecule has 0 saturated carbocycles. The second kappa shape index (κ2) is 16.8. The number of amides is 2. The Balaban J connectivity index is 1.61. The Labute approximate surface area is 294 Å². The predicted octanol–water partition coefficient (Wildman–Crippen LogP) is 4.66. The average molecular weight is 706 g/mol. The first-order valence-corrected chi connectivity index (χ1v) is 17.8. The summed E-state index contributed by atoms with van der Waals surface area (Å²) in [4.78, 5) is 33.4. The van der Waals surface area contributed by atoms with E-state index in [0.29, 0.717) is 28.8 Å². The number of aryl methyl sites for hydroxylation is 2. The number of aliphatic hydroxyl groups is 1. The van der Waals surface area contributed by atoms with Crippen LogP contribution >= 0.6 is 0 Å². The van der Waals surface area contributed by atoms with Gasteiger partial charge in [-0.3, -0.25) is 9.59 Å². The summed E-state index contributed by atoms with van der Waals surface area (Å²) in [6, 6.07) is 19.3. The number of carbonyl (C=O) groups excluding carboxylic acids is 2. The van der Waals surface area contributed by atoms with Crippen LogP contribution < -0.4 is 15.4 Å². The molecule has 3 aromatic carbocycles. The Morgan fingerprint density at radius 3 is 2.22 bits per heavy atom. The van der Waals surface area contributed by atoms with Crippen molar-refractivity contribution in [2.75, 3.05) is 39.6 Å². The van der Waals surface area contributed by atoms with Crippen molar-refractivity contribution in [3.05, 3.63) is 107 Å². The Morgan fingerprint density at radius 2 is 1.64 bits per heavy atom. The first-order chi connectivity index (χ1) is 23.7. The molecular weight excluding hydrogens is 659 g/mol. The number of nitrogens with zero attached hydrogens (tertiary/aromatic N) is 3. The topological polar surface area (TPSA) is 154 Å². The highest BCUT2D eigenvalue weighted by Gasteiger charge is 2.32. The Hall–Kier alpha value is -4.72. The van der Waals surface area contributed by atoms with Gasteiger partial charge in [-0.1, -0.05) is 44.2 Å². The fraction of sp³-hybridized carbons (Fsp3) is 0.378. The second-order valence-corrected chi connectivity index (χ2v) is 14.6. The predicted molar refractivity (Wildman–Crippen MR) is 192 cm³/mol. The molecule has 12 nitrogen and oxygen atoms in total. The highest BCUT2D eigenvalue weighted by atomic mass is 32.2. The smallest absolute Gasteiger partial charge is 0.254 e. The number of oxazole rings is 1. The number of ether oxygens (including phenoxy) is 1. The van der Waals surface area contributed by atoms with Gasteiger partial charge in [0.15, 0.2) is 5.89 Å². The number of nitrogens with one attached hydrogen (secondary N) is 2. The standard InChI is InChI=1S/C37H47N5O7S/c1-24(2)21-42(50(46,47)32-15-13-31(48-7)14-16-32)23-35(43)33(17-27-11-9-8-10-12-27)40-36(44)28-18-29(20-30(19-28)38-5)37(45)41(6)22-34-25(3)49-26(4)39-34/h8-16,18-20,24,33,35,38,43H,17,21-23H2,1-7H3,(H,40,44)/t33?,35-/m1/s1. The molecule has 0 saturated heterocycles. The molecule has 0 bridgehead atoms. The zero-order valence-corrected chi connectivity index (χ0v) is 30.5. The van der Waals surface area contributed by atoms with Gasteiger partial charge in [0.05, 0.1) is 30.7 Å². The molecule has 0 spiro atoms. The summed E-state index contributed by atoms with van der Waals surface area (Å²) in [6.45, 7) is 7.41. The van der Waals surface area contributed by atoms with Crippen molar-refractivity contribution < 1.29 is 32.3 Å². The molecule has 0 aliphatic carbocycles. The molecule has 1 unspecified atom stereocenters. The van der Waals surface area contributed by atoms with E-state index >= 15 is 0 Å². The van der Waals surface area contributed by atoms with Gasteiger partial charge in [-0.15, -0.1) is 0 Å². The highest BCUT2D eigenvalue weighted by Crippen LogP contribution is 2.23. The molecule has 268 valence electrons. The number of aromatic nitrogens is 1. The van der Waals surface area contributed by atoms with Crippen molar-refractivity contribution >= 4 is 27.5 Å². The van der Waals surface area contributed by atoms with Gasteiger partial charge in [-0.05, 0) is 67.3 Å². The SMILES string of the molecule is CNc1cc(C(=O)NC(Cc2ccccc2)[C@H](O)CN(CC(C)C)S(=O)(=O)c2ccc(OC)cc2)cc(C(=O)N(C)Cc2nc(C)oc2C)c1. The van der Waals surface area contributed by atoms with E-state index in [0.717, 1.165) is 5.56 Å². The minimum atomic E-state index is -4.02. The number of sulfonamides is 1. The lowest BCUT2D eigenvalue weighted by Crippen LogP contribution is -2.51. The number of carbonyl (C=O) groups is 2. The molecule has 1 aromatic heterocycles. The number of aliphatic hydroxyl groups excluding tert-OH is 1. The Kier molecular flexibility index (Phi) is 12.8. The van der Waals surface area contributed by atoms with Gasteiger partial charge in [0, 0.05) is 50.9 Å². The lowest BCUT2D eigenvalue weighted by molar-refractivity contribution is 0.0775. The molecule has 4 aromatic rings. The van der Waals surface area contributed by atoms with Crippen LogP contribution in [0.25, 0.3) is 0 Å². The Bertz CT molecular complexity index is 1860. The fourth-order valence-corrected chi connectivity index (χ4v) is 7.20. The largest absolute Gasteiger partial charge is 0.497 e. The molecule has 50 heavy (non-hydrogen) atoms. The van der Waals surface area contributed by atoms with Crippen LogP contribution in [0.1, 0.15) is 57.5 Å². The Morgan fingerprint density at radius 1 is 0.980 bits per heavy atom. The summed E-state index contributed by atoms with van der Waals surface area (Å²) in [5.74, 6) is 0.739.